The highest BCUT2D eigenvalue weighted by Crippen LogP contribution is 2.22. The fourth-order valence-electron chi connectivity index (χ4n) is 1.82. The van der Waals surface area contributed by atoms with Gasteiger partial charge in [0, 0.05) is 43.4 Å². The number of rotatable bonds is 8. The molecule has 1 aromatic carbocycles. The van der Waals surface area contributed by atoms with Crippen LogP contribution in [0.25, 0.3) is 11.3 Å². The lowest BCUT2D eigenvalue weighted by molar-refractivity contribution is 0.0917. The van der Waals surface area contributed by atoms with E-state index in [1.165, 1.54) is 0 Å². The molecule has 1 aromatic heterocycles. The van der Waals surface area contributed by atoms with Crippen molar-refractivity contribution in [2.45, 2.75) is 0 Å². The highest BCUT2D eigenvalue weighted by Gasteiger charge is 2.13. The molecule has 0 aliphatic carbocycles. The smallest absolute Gasteiger partial charge is 0.289 e. The van der Waals surface area contributed by atoms with Crippen molar-refractivity contribution < 1.29 is 14.1 Å². The molecule has 0 atom stereocenters. The summed E-state index contributed by atoms with van der Waals surface area (Å²) in [7, 11) is 1.64. The van der Waals surface area contributed by atoms with Gasteiger partial charge in [-0.05, 0) is 12.1 Å². The molecule has 2 aromatic rings. The van der Waals surface area contributed by atoms with Crippen LogP contribution in [0.1, 0.15) is 10.6 Å². The largest absolute Gasteiger partial charge is 0.383 e. The first-order valence-electron chi connectivity index (χ1n) is 6.91. The number of halogens is 2. The summed E-state index contributed by atoms with van der Waals surface area (Å²) in [6.45, 7) is 2.53. The van der Waals surface area contributed by atoms with Crippen molar-refractivity contribution in [3.63, 3.8) is 0 Å². The summed E-state index contributed by atoms with van der Waals surface area (Å²) in [5, 5.41) is 10.4. The van der Waals surface area contributed by atoms with Crippen molar-refractivity contribution >= 4 is 29.9 Å². The molecule has 1 heterocycles. The van der Waals surface area contributed by atoms with Gasteiger partial charge in [0.1, 0.15) is 5.69 Å². The molecule has 0 fully saturated rings. The second-order valence-corrected chi connectivity index (χ2v) is 5.02. The SMILES string of the molecule is COCCNCCNC(=O)c1cc(-c2cccc(Cl)c2)no1.Cl. The molecule has 2 rings (SSSR count). The Bertz CT molecular complexity index is 620. The number of nitrogens with zero attached hydrogens (tertiary/aromatic N) is 1. The third-order valence-corrected chi connectivity index (χ3v) is 3.16. The quantitative estimate of drug-likeness (QED) is 0.707. The maximum Gasteiger partial charge on any atom is 0.289 e. The fraction of sp³-hybridized carbons (Fsp3) is 0.333. The van der Waals surface area contributed by atoms with Crippen LogP contribution in [0.4, 0.5) is 0 Å². The van der Waals surface area contributed by atoms with E-state index in [0.29, 0.717) is 30.4 Å². The lowest BCUT2D eigenvalue weighted by Crippen LogP contribution is -2.32. The molecule has 8 heteroatoms. The first-order chi connectivity index (χ1) is 10.7. The van der Waals surface area contributed by atoms with Gasteiger partial charge in [-0.2, -0.15) is 0 Å². The topological polar surface area (TPSA) is 76.4 Å². The number of benzene rings is 1. The first kappa shape index (κ1) is 19.4. The highest BCUT2D eigenvalue weighted by molar-refractivity contribution is 6.30. The number of hydrogen-bond acceptors (Lipinski definition) is 5. The van der Waals surface area contributed by atoms with Gasteiger partial charge in [-0.25, -0.2) is 0 Å². The lowest BCUT2D eigenvalue weighted by Gasteiger charge is -2.04. The molecular formula is C15H19Cl2N3O3. The van der Waals surface area contributed by atoms with Crippen molar-refractivity contribution in [1.29, 1.82) is 0 Å². The number of hydrogen-bond donors (Lipinski definition) is 2. The molecule has 0 aliphatic heterocycles. The predicted octanol–water partition coefficient (Wildman–Crippen LogP) is 2.38. The zero-order chi connectivity index (χ0) is 15.8. The van der Waals surface area contributed by atoms with E-state index < -0.39 is 0 Å². The van der Waals surface area contributed by atoms with Crippen LogP contribution in [0.3, 0.4) is 0 Å². The van der Waals surface area contributed by atoms with Gasteiger partial charge in [0.25, 0.3) is 5.91 Å². The summed E-state index contributed by atoms with van der Waals surface area (Å²) in [4.78, 5) is 11.9. The summed E-state index contributed by atoms with van der Waals surface area (Å²) in [5.41, 5.74) is 1.38. The van der Waals surface area contributed by atoms with Crippen LogP contribution >= 0.6 is 24.0 Å². The third kappa shape index (κ3) is 6.19. The minimum atomic E-state index is -0.297. The molecule has 126 valence electrons. The summed E-state index contributed by atoms with van der Waals surface area (Å²) in [6, 6.07) is 8.80. The minimum absolute atomic E-state index is 0. The molecule has 2 N–H and O–H groups in total. The summed E-state index contributed by atoms with van der Waals surface area (Å²) in [5.74, 6) is -0.124. The van der Waals surface area contributed by atoms with E-state index in [9.17, 15) is 4.79 Å². The molecule has 1 amide bonds. The average Bonchev–Trinajstić information content (AvgIpc) is 3.00. The second-order valence-electron chi connectivity index (χ2n) is 4.59. The van der Waals surface area contributed by atoms with E-state index in [1.54, 1.807) is 25.3 Å². The van der Waals surface area contributed by atoms with Gasteiger partial charge in [0.15, 0.2) is 0 Å². The van der Waals surface area contributed by atoms with E-state index in [2.05, 4.69) is 15.8 Å². The van der Waals surface area contributed by atoms with Crippen LogP contribution in [0.15, 0.2) is 34.9 Å². The Kier molecular flexibility index (Phi) is 8.65. The van der Waals surface area contributed by atoms with Gasteiger partial charge in [-0.1, -0.05) is 28.9 Å². The van der Waals surface area contributed by atoms with Crippen molar-refractivity contribution in [1.82, 2.24) is 15.8 Å². The zero-order valence-electron chi connectivity index (χ0n) is 12.7. The monoisotopic (exact) mass is 359 g/mol. The minimum Gasteiger partial charge on any atom is -0.383 e. The van der Waals surface area contributed by atoms with Crippen LogP contribution in [0.5, 0.6) is 0 Å². The molecule has 0 saturated carbocycles. The van der Waals surface area contributed by atoms with Gasteiger partial charge < -0.3 is 19.9 Å². The molecule has 23 heavy (non-hydrogen) atoms. The summed E-state index contributed by atoms with van der Waals surface area (Å²) < 4.78 is 9.98. The van der Waals surface area contributed by atoms with Crippen LogP contribution in [0, 0.1) is 0 Å². The van der Waals surface area contributed by atoms with Crippen LogP contribution in [-0.4, -0.2) is 44.4 Å². The average molecular weight is 360 g/mol. The predicted molar refractivity (Wildman–Crippen MR) is 91.3 cm³/mol. The van der Waals surface area contributed by atoms with Gasteiger partial charge in [0.05, 0.1) is 6.61 Å². The maximum atomic E-state index is 11.9. The lowest BCUT2D eigenvalue weighted by atomic mass is 10.1. The fourth-order valence-corrected chi connectivity index (χ4v) is 2.01. The first-order valence-corrected chi connectivity index (χ1v) is 7.29. The third-order valence-electron chi connectivity index (χ3n) is 2.92. The van der Waals surface area contributed by atoms with E-state index in [4.69, 9.17) is 20.9 Å². The Hall–Kier alpha value is -1.60. The molecule has 0 radical (unpaired) electrons. The standard InChI is InChI=1S/C15H18ClN3O3.ClH/c1-21-8-7-17-5-6-18-15(20)14-10-13(19-22-14)11-3-2-4-12(16)9-11;/h2-4,9-10,17H,5-8H2,1H3,(H,18,20);1H. The normalized spacial score (nSPS) is 10.2. The number of methoxy groups -OCH3 is 1. The Labute approximate surface area is 145 Å². The van der Waals surface area contributed by atoms with Crippen LogP contribution in [0.2, 0.25) is 5.02 Å². The molecule has 6 nitrogen and oxygen atoms in total. The van der Waals surface area contributed by atoms with Gasteiger partial charge in [-0.3, -0.25) is 4.79 Å². The van der Waals surface area contributed by atoms with E-state index >= 15 is 0 Å². The van der Waals surface area contributed by atoms with Crippen molar-refractivity contribution in [2.24, 2.45) is 0 Å². The maximum absolute atomic E-state index is 11.9. The number of ether oxygens (including phenoxy) is 1. The Balaban J connectivity index is 0.00000264. The Morgan fingerprint density at radius 2 is 2.13 bits per heavy atom. The van der Waals surface area contributed by atoms with Crippen molar-refractivity contribution in [3.05, 3.63) is 41.1 Å². The number of nitrogens with one attached hydrogen (secondary N) is 2. The van der Waals surface area contributed by atoms with E-state index in [1.807, 2.05) is 12.1 Å². The van der Waals surface area contributed by atoms with Gasteiger partial charge >= 0.3 is 0 Å². The molecule has 0 saturated heterocycles. The van der Waals surface area contributed by atoms with Crippen LogP contribution < -0.4 is 10.6 Å². The highest BCUT2D eigenvalue weighted by atomic mass is 35.5. The second kappa shape index (κ2) is 10.2. The van der Waals surface area contributed by atoms with Crippen molar-refractivity contribution in [3.8, 4) is 11.3 Å². The van der Waals surface area contributed by atoms with E-state index in [0.717, 1.165) is 12.1 Å². The van der Waals surface area contributed by atoms with Gasteiger partial charge in [-0.15, -0.1) is 12.4 Å². The molecular weight excluding hydrogens is 341 g/mol. The van der Waals surface area contributed by atoms with Crippen molar-refractivity contribution in [2.75, 3.05) is 33.4 Å². The number of carbonyl (C=O) groups is 1. The van der Waals surface area contributed by atoms with Gasteiger partial charge in [0.2, 0.25) is 5.76 Å². The summed E-state index contributed by atoms with van der Waals surface area (Å²) >= 11 is 5.93. The number of aromatic nitrogens is 1. The Morgan fingerprint density at radius 3 is 2.87 bits per heavy atom. The molecule has 0 bridgehead atoms. The molecule has 0 unspecified atom stereocenters. The molecule has 0 spiro atoms. The van der Waals surface area contributed by atoms with Crippen LogP contribution in [-0.2, 0) is 4.74 Å². The molecule has 0 aliphatic rings. The van der Waals surface area contributed by atoms with E-state index in [-0.39, 0.29) is 24.1 Å². The zero-order valence-corrected chi connectivity index (χ0v) is 14.2. The Morgan fingerprint density at radius 1 is 1.30 bits per heavy atom. The number of amides is 1. The number of carbonyl (C=O) groups excluding carboxylic acids is 1. The summed E-state index contributed by atoms with van der Waals surface area (Å²) in [6.07, 6.45) is 0.